The average Bonchev–Trinajstić information content (AvgIpc) is 3.43. The van der Waals surface area contributed by atoms with E-state index in [0.717, 1.165) is 36.1 Å². The Bertz CT molecular complexity index is 1380. The lowest BCUT2D eigenvalue weighted by Crippen LogP contribution is -2.31. The van der Waals surface area contributed by atoms with Crippen molar-refractivity contribution >= 4 is 33.5 Å². The molecule has 0 aliphatic carbocycles. The van der Waals surface area contributed by atoms with E-state index in [-0.39, 0.29) is 5.75 Å². The first kappa shape index (κ1) is 21.2. The molecule has 1 saturated heterocycles. The van der Waals surface area contributed by atoms with Crippen LogP contribution in [0.25, 0.3) is 33.2 Å². The number of nitrogens with one attached hydrogen (secondary N) is 1. The van der Waals surface area contributed by atoms with E-state index < -0.39 is 11.7 Å². The van der Waals surface area contributed by atoms with Crippen LogP contribution in [-0.4, -0.2) is 61.1 Å². The number of primary amides is 1. The van der Waals surface area contributed by atoms with E-state index in [2.05, 4.69) is 41.0 Å². The zero-order valence-corrected chi connectivity index (χ0v) is 18.9. The highest BCUT2D eigenvalue weighted by atomic mass is 19.1. The Morgan fingerprint density at radius 1 is 1.24 bits per heavy atom. The molecule has 170 valence electrons. The number of fused-ring (bicyclic) bond motifs is 3. The van der Waals surface area contributed by atoms with Gasteiger partial charge in [0, 0.05) is 35.8 Å². The van der Waals surface area contributed by atoms with Crippen LogP contribution in [0.5, 0.6) is 5.75 Å². The maximum absolute atomic E-state index is 14.3. The topological polar surface area (TPSA) is 87.5 Å². The molecule has 33 heavy (non-hydrogen) atoms. The van der Waals surface area contributed by atoms with Crippen molar-refractivity contribution in [3.63, 3.8) is 0 Å². The predicted octanol–water partition coefficient (Wildman–Crippen LogP) is 3.77. The van der Waals surface area contributed by atoms with E-state index >= 15 is 0 Å². The maximum atomic E-state index is 14.3. The monoisotopic (exact) mass is 447 g/mol. The molecule has 4 aromatic rings. The number of aromatic amines is 1. The number of methoxy groups -OCH3 is 1. The normalized spacial score (nSPS) is 16.3. The zero-order valence-electron chi connectivity index (χ0n) is 18.9. The second-order valence-electron chi connectivity index (χ2n) is 8.70. The van der Waals surface area contributed by atoms with Gasteiger partial charge < -0.3 is 25.3 Å². The van der Waals surface area contributed by atoms with Crippen LogP contribution in [0.4, 0.5) is 10.1 Å². The molecule has 2 aromatic carbocycles. The molecule has 3 heterocycles. The average molecular weight is 448 g/mol. The van der Waals surface area contributed by atoms with Gasteiger partial charge in [-0.2, -0.15) is 0 Å². The van der Waals surface area contributed by atoms with Crippen molar-refractivity contribution in [2.24, 2.45) is 5.73 Å². The molecule has 2 aromatic heterocycles. The van der Waals surface area contributed by atoms with Gasteiger partial charge in [0.1, 0.15) is 0 Å². The number of carbonyl (C=O) groups is 1. The number of nitrogens with two attached hydrogens (primary N) is 1. The number of likely N-dealkylation sites (N-methyl/N-ethyl adjacent to an activating group) is 1. The van der Waals surface area contributed by atoms with Crippen LogP contribution in [0.15, 0.2) is 42.5 Å². The number of nitrogens with zero attached hydrogens (tertiary/aromatic N) is 3. The minimum atomic E-state index is -0.571. The number of H-pyrrole nitrogens is 1. The highest BCUT2D eigenvalue weighted by molar-refractivity contribution is 6.14. The number of halogens is 1. The third kappa shape index (κ3) is 3.66. The van der Waals surface area contributed by atoms with E-state index in [0.29, 0.717) is 33.9 Å². The maximum Gasteiger partial charge on any atom is 0.250 e. The summed E-state index contributed by atoms with van der Waals surface area (Å²) < 4.78 is 19.3. The Kier molecular flexibility index (Phi) is 5.17. The van der Waals surface area contributed by atoms with E-state index in [9.17, 15) is 9.18 Å². The van der Waals surface area contributed by atoms with Crippen LogP contribution < -0.4 is 15.4 Å². The van der Waals surface area contributed by atoms with Crippen LogP contribution >= 0.6 is 0 Å². The molecule has 1 fully saturated rings. The molecule has 0 spiro atoms. The van der Waals surface area contributed by atoms with Crippen molar-refractivity contribution in [3.05, 3.63) is 53.8 Å². The number of amides is 1. The second-order valence-corrected chi connectivity index (χ2v) is 8.70. The number of ether oxygens (including phenoxy) is 1. The summed E-state index contributed by atoms with van der Waals surface area (Å²) in [6.45, 7) is 1.96. The molecule has 3 N–H and O–H groups in total. The predicted molar refractivity (Wildman–Crippen MR) is 128 cm³/mol. The zero-order chi connectivity index (χ0) is 23.3. The van der Waals surface area contributed by atoms with Crippen LogP contribution in [0.3, 0.4) is 0 Å². The summed E-state index contributed by atoms with van der Waals surface area (Å²) in [7, 11) is 5.63. The Labute approximate surface area is 190 Å². The molecule has 8 heteroatoms. The molecule has 1 amide bonds. The lowest BCUT2D eigenvalue weighted by atomic mass is 10.1. The standard InChI is InChI=1S/C25H26FN5O2/c1-30(2)16-8-9-31(13-16)15-5-6-17-21(11-15)29-24-18(25(27)32)12-20(28-23(17)24)14-4-7-22(33-3)19(26)10-14/h4-7,10-12,16,29H,8-9,13H2,1-3H3,(H2,27,32)/t16-/m0/s1. The van der Waals surface area contributed by atoms with Gasteiger partial charge in [0.25, 0.3) is 5.91 Å². The summed E-state index contributed by atoms with van der Waals surface area (Å²) in [5.74, 6) is -0.923. The number of carbonyl (C=O) groups excluding carboxylic acids is 1. The Hall–Kier alpha value is -3.65. The van der Waals surface area contributed by atoms with Gasteiger partial charge in [-0.15, -0.1) is 0 Å². The third-order valence-electron chi connectivity index (χ3n) is 6.51. The van der Waals surface area contributed by atoms with E-state index in [1.807, 2.05) is 6.07 Å². The number of rotatable bonds is 5. The van der Waals surface area contributed by atoms with E-state index in [4.69, 9.17) is 15.5 Å². The summed E-state index contributed by atoms with van der Waals surface area (Å²) in [5.41, 5.74) is 10.2. The lowest BCUT2D eigenvalue weighted by molar-refractivity contribution is 0.100. The molecule has 0 saturated carbocycles. The molecule has 1 aliphatic rings. The fraction of sp³-hybridized carbons (Fsp3) is 0.280. The highest BCUT2D eigenvalue weighted by Gasteiger charge is 2.25. The van der Waals surface area contributed by atoms with Crippen molar-refractivity contribution in [1.82, 2.24) is 14.9 Å². The molecule has 5 rings (SSSR count). The largest absolute Gasteiger partial charge is 0.494 e. The van der Waals surface area contributed by atoms with Crippen LogP contribution in [-0.2, 0) is 0 Å². The lowest BCUT2D eigenvalue weighted by Gasteiger charge is -2.21. The number of anilines is 1. The summed E-state index contributed by atoms with van der Waals surface area (Å²) in [6.07, 6.45) is 1.12. The van der Waals surface area contributed by atoms with Crippen molar-refractivity contribution in [1.29, 1.82) is 0 Å². The number of pyridine rings is 1. The third-order valence-corrected chi connectivity index (χ3v) is 6.51. The molecule has 7 nitrogen and oxygen atoms in total. The molecule has 1 atom stereocenters. The number of hydrogen-bond acceptors (Lipinski definition) is 5. The van der Waals surface area contributed by atoms with Crippen LogP contribution in [0.1, 0.15) is 16.8 Å². The SMILES string of the molecule is COc1ccc(-c2cc(C(N)=O)c3[nH]c4cc(N5CC[C@H](N(C)C)C5)ccc4c3n2)cc1F. The van der Waals surface area contributed by atoms with Gasteiger partial charge in [0.15, 0.2) is 11.6 Å². The summed E-state index contributed by atoms with van der Waals surface area (Å²) >= 11 is 0. The number of hydrogen-bond donors (Lipinski definition) is 2. The Morgan fingerprint density at radius 2 is 2.06 bits per heavy atom. The van der Waals surface area contributed by atoms with Gasteiger partial charge in [-0.25, -0.2) is 9.37 Å². The van der Waals surface area contributed by atoms with Crippen molar-refractivity contribution < 1.29 is 13.9 Å². The van der Waals surface area contributed by atoms with Crippen molar-refractivity contribution in [2.75, 3.05) is 39.2 Å². The van der Waals surface area contributed by atoms with Gasteiger partial charge in [0.05, 0.1) is 34.9 Å². The minimum absolute atomic E-state index is 0.146. The molecule has 0 radical (unpaired) electrons. The van der Waals surface area contributed by atoms with Gasteiger partial charge in [-0.3, -0.25) is 4.79 Å². The number of aromatic nitrogens is 2. The fourth-order valence-electron chi connectivity index (χ4n) is 4.61. The summed E-state index contributed by atoms with van der Waals surface area (Å²) in [5, 5.41) is 0.885. The molecule has 0 bridgehead atoms. The molecular formula is C25H26FN5O2. The van der Waals surface area contributed by atoms with E-state index in [1.165, 1.54) is 13.2 Å². The quantitative estimate of drug-likeness (QED) is 0.486. The number of benzene rings is 2. The first-order chi connectivity index (χ1) is 15.9. The van der Waals surface area contributed by atoms with Gasteiger partial charge in [0.2, 0.25) is 0 Å². The molecule has 1 aliphatic heterocycles. The first-order valence-corrected chi connectivity index (χ1v) is 10.9. The van der Waals surface area contributed by atoms with Gasteiger partial charge in [-0.05, 0) is 63.0 Å². The summed E-state index contributed by atoms with van der Waals surface area (Å²) in [6, 6.07) is 12.9. The van der Waals surface area contributed by atoms with Gasteiger partial charge >= 0.3 is 0 Å². The van der Waals surface area contributed by atoms with Crippen LogP contribution in [0, 0.1) is 5.82 Å². The minimum Gasteiger partial charge on any atom is -0.494 e. The van der Waals surface area contributed by atoms with Crippen molar-refractivity contribution in [2.45, 2.75) is 12.5 Å². The summed E-state index contributed by atoms with van der Waals surface area (Å²) in [4.78, 5) is 25.0. The molecule has 0 unspecified atom stereocenters. The smallest absolute Gasteiger partial charge is 0.250 e. The van der Waals surface area contributed by atoms with E-state index in [1.54, 1.807) is 18.2 Å². The first-order valence-electron chi connectivity index (χ1n) is 10.9. The van der Waals surface area contributed by atoms with Gasteiger partial charge in [-0.1, -0.05) is 0 Å². The Balaban J connectivity index is 1.62. The fourth-order valence-corrected chi connectivity index (χ4v) is 4.61. The van der Waals surface area contributed by atoms with Crippen LogP contribution in [0.2, 0.25) is 0 Å². The molecular weight excluding hydrogens is 421 g/mol. The second kappa shape index (κ2) is 8.04. The highest BCUT2D eigenvalue weighted by Crippen LogP contribution is 2.34. The Morgan fingerprint density at radius 3 is 2.73 bits per heavy atom. The van der Waals surface area contributed by atoms with Crippen molar-refractivity contribution in [3.8, 4) is 17.0 Å².